The zero-order chi connectivity index (χ0) is 18.0. The number of aliphatic imine (C=N–C) groups is 1. The molecule has 0 radical (unpaired) electrons. The van der Waals surface area contributed by atoms with Crippen LogP contribution >= 0.6 is 0 Å². The molecule has 0 bridgehead atoms. The molecule has 0 aromatic carbocycles. The lowest BCUT2D eigenvalue weighted by Crippen LogP contribution is -2.46. The molecule has 0 unspecified atom stereocenters. The van der Waals surface area contributed by atoms with Gasteiger partial charge in [-0.2, -0.15) is 0 Å². The first-order valence-corrected chi connectivity index (χ1v) is 11.9. The van der Waals surface area contributed by atoms with Crippen LogP contribution in [0.3, 0.4) is 0 Å². The zero-order valence-corrected chi connectivity index (χ0v) is 16.6. The van der Waals surface area contributed by atoms with Crippen molar-refractivity contribution in [3.05, 3.63) is 0 Å². The molecule has 146 valence electrons. The second-order valence-electron chi connectivity index (χ2n) is 7.33. The summed E-state index contributed by atoms with van der Waals surface area (Å²) in [6.45, 7) is 6.79. The summed E-state index contributed by atoms with van der Waals surface area (Å²) < 4.78 is 22.9. The summed E-state index contributed by atoms with van der Waals surface area (Å²) in [7, 11) is -2.79. The fourth-order valence-corrected chi connectivity index (χ4v) is 4.97. The van der Waals surface area contributed by atoms with Crippen molar-refractivity contribution in [2.24, 2.45) is 10.9 Å². The van der Waals surface area contributed by atoms with Crippen molar-refractivity contribution < 1.29 is 8.42 Å². The number of nitrogens with one attached hydrogen (secondary N) is 2. The predicted octanol–water partition coefficient (Wildman–Crippen LogP) is 1.63. The van der Waals surface area contributed by atoms with E-state index in [1.165, 1.54) is 44.9 Å². The molecular weight excluding hydrogens is 336 g/mol. The molecule has 2 aliphatic rings. The van der Waals surface area contributed by atoms with Gasteiger partial charge in [-0.1, -0.05) is 32.1 Å². The van der Waals surface area contributed by atoms with Gasteiger partial charge >= 0.3 is 0 Å². The van der Waals surface area contributed by atoms with Gasteiger partial charge in [0.15, 0.2) is 15.8 Å². The fraction of sp³-hybridized carbons (Fsp3) is 0.944. The Morgan fingerprint density at radius 1 is 1.12 bits per heavy atom. The van der Waals surface area contributed by atoms with E-state index in [2.05, 4.69) is 27.4 Å². The molecule has 6 nitrogen and oxygen atoms in total. The van der Waals surface area contributed by atoms with Crippen LogP contribution in [0, 0.1) is 5.92 Å². The molecule has 2 rings (SSSR count). The summed E-state index contributed by atoms with van der Waals surface area (Å²) in [6, 6.07) is 0. The molecular formula is C18H36N4O2S. The van der Waals surface area contributed by atoms with Gasteiger partial charge in [0.2, 0.25) is 0 Å². The van der Waals surface area contributed by atoms with Crippen LogP contribution in [0.25, 0.3) is 0 Å². The Bertz CT molecular complexity index is 487. The minimum atomic E-state index is -2.79. The Morgan fingerprint density at radius 3 is 2.52 bits per heavy atom. The van der Waals surface area contributed by atoms with E-state index in [1.807, 2.05) is 0 Å². The van der Waals surface area contributed by atoms with Crippen molar-refractivity contribution in [3.63, 3.8) is 0 Å². The summed E-state index contributed by atoms with van der Waals surface area (Å²) in [6.07, 6.45) is 9.55. The maximum Gasteiger partial charge on any atom is 0.191 e. The van der Waals surface area contributed by atoms with Gasteiger partial charge in [-0.05, 0) is 25.7 Å². The van der Waals surface area contributed by atoms with Crippen LogP contribution in [0.1, 0.15) is 51.9 Å². The van der Waals surface area contributed by atoms with E-state index in [4.69, 9.17) is 0 Å². The van der Waals surface area contributed by atoms with Crippen LogP contribution in [0.15, 0.2) is 4.99 Å². The van der Waals surface area contributed by atoms with E-state index in [-0.39, 0.29) is 0 Å². The highest BCUT2D eigenvalue weighted by Crippen LogP contribution is 2.27. The predicted molar refractivity (Wildman–Crippen MR) is 105 cm³/mol. The monoisotopic (exact) mass is 372 g/mol. The quantitative estimate of drug-likeness (QED) is 0.385. The second kappa shape index (κ2) is 11.0. The third kappa shape index (κ3) is 8.40. The number of hydrogen-bond donors (Lipinski definition) is 2. The number of guanidine groups is 1. The lowest BCUT2D eigenvalue weighted by molar-refractivity contribution is 0.299. The first kappa shape index (κ1) is 20.5. The maximum atomic E-state index is 11.5. The van der Waals surface area contributed by atoms with Gasteiger partial charge in [0.25, 0.3) is 0 Å². The van der Waals surface area contributed by atoms with Gasteiger partial charge in [-0.15, -0.1) is 0 Å². The highest BCUT2D eigenvalue weighted by Gasteiger charge is 2.20. The largest absolute Gasteiger partial charge is 0.357 e. The van der Waals surface area contributed by atoms with Crippen molar-refractivity contribution >= 4 is 15.8 Å². The molecule has 7 heteroatoms. The van der Waals surface area contributed by atoms with E-state index < -0.39 is 9.84 Å². The van der Waals surface area contributed by atoms with Gasteiger partial charge in [0.1, 0.15) is 0 Å². The number of rotatable bonds is 8. The molecule has 0 aromatic rings. The summed E-state index contributed by atoms with van der Waals surface area (Å²) >= 11 is 0. The van der Waals surface area contributed by atoms with Gasteiger partial charge in [-0.25, -0.2) is 8.42 Å². The molecule has 2 N–H and O–H groups in total. The molecule has 1 saturated heterocycles. The number of hydrogen-bond acceptors (Lipinski definition) is 4. The Kier molecular flexibility index (Phi) is 9.03. The Morgan fingerprint density at radius 2 is 1.84 bits per heavy atom. The third-order valence-electron chi connectivity index (χ3n) is 5.27. The minimum Gasteiger partial charge on any atom is -0.357 e. The van der Waals surface area contributed by atoms with Crippen LogP contribution in [-0.4, -0.2) is 70.1 Å². The molecule has 0 aromatic heterocycles. The van der Waals surface area contributed by atoms with Crippen LogP contribution in [0.4, 0.5) is 0 Å². The summed E-state index contributed by atoms with van der Waals surface area (Å²) in [5.41, 5.74) is 0. The molecule has 0 atom stereocenters. The van der Waals surface area contributed by atoms with E-state index in [1.54, 1.807) is 0 Å². The van der Waals surface area contributed by atoms with Crippen molar-refractivity contribution in [1.82, 2.24) is 15.5 Å². The van der Waals surface area contributed by atoms with Crippen molar-refractivity contribution in [1.29, 1.82) is 0 Å². The van der Waals surface area contributed by atoms with Gasteiger partial charge in [0, 0.05) is 39.3 Å². The highest BCUT2D eigenvalue weighted by molar-refractivity contribution is 7.91. The fourth-order valence-electron chi connectivity index (χ4n) is 3.69. The molecule has 25 heavy (non-hydrogen) atoms. The standard InChI is InChI=1S/C18H36N4O2S/c1-2-19-18(20-10-6-9-17-7-4-3-5-8-17)21-11-12-22-13-15-25(23,24)16-14-22/h17H,2-16H2,1H3,(H2,19,20,21). The minimum absolute atomic E-state index is 0.294. The molecule has 1 heterocycles. The van der Waals surface area contributed by atoms with Crippen molar-refractivity contribution in [2.45, 2.75) is 51.9 Å². The molecule has 1 aliphatic carbocycles. The number of sulfone groups is 1. The maximum absolute atomic E-state index is 11.5. The average molecular weight is 373 g/mol. The van der Waals surface area contributed by atoms with E-state index in [0.717, 1.165) is 38.1 Å². The summed E-state index contributed by atoms with van der Waals surface area (Å²) in [5.74, 6) is 2.40. The average Bonchev–Trinajstić information content (AvgIpc) is 2.61. The van der Waals surface area contributed by atoms with E-state index in [0.29, 0.717) is 24.6 Å². The summed E-state index contributed by atoms with van der Waals surface area (Å²) in [5, 5.41) is 6.67. The lowest BCUT2D eigenvalue weighted by Gasteiger charge is -2.26. The van der Waals surface area contributed by atoms with E-state index >= 15 is 0 Å². The molecule has 0 spiro atoms. The summed E-state index contributed by atoms with van der Waals surface area (Å²) in [4.78, 5) is 6.89. The highest BCUT2D eigenvalue weighted by atomic mass is 32.2. The molecule has 0 amide bonds. The number of nitrogens with zero attached hydrogens (tertiary/aromatic N) is 2. The smallest absolute Gasteiger partial charge is 0.191 e. The van der Waals surface area contributed by atoms with Crippen molar-refractivity contribution in [3.8, 4) is 0 Å². The molecule has 1 saturated carbocycles. The van der Waals surface area contributed by atoms with Crippen LogP contribution in [0.2, 0.25) is 0 Å². The molecule has 2 fully saturated rings. The second-order valence-corrected chi connectivity index (χ2v) is 9.63. The topological polar surface area (TPSA) is 73.8 Å². The normalized spacial score (nSPS) is 22.7. The Balaban J connectivity index is 1.61. The van der Waals surface area contributed by atoms with Crippen molar-refractivity contribution in [2.75, 3.05) is 50.8 Å². The SMILES string of the molecule is CCNC(=NCCCC1CCCCC1)NCCN1CCS(=O)(=O)CC1. The van der Waals surface area contributed by atoms with E-state index in [9.17, 15) is 8.42 Å². The van der Waals surface area contributed by atoms with Crippen LogP contribution in [0.5, 0.6) is 0 Å². The van der Waals surface area contributed by atoms with Gasteiger partial charge in [-0.3, -0.25) is 9.89 Å². The zero-order valence-electron chi connectivity index (χ0n) is 15.8. The van der Waals surface area contributed by atoms with Crippen LogP contribution < -0.4 is 10.6 Å². The van der Waals surface area contributed by atoms with Crippen LogP contribution in [-0.2, 0) is 9.84 Å². The van der Waals surface area contributed by atoms with Gasteiger partial charge < -0.3 is 10.6 Å². The lowest BCUT2D eigenvalue weighted by atomic mass is 9.86. The van der Waals surface area contributed by atoms with Gasteiger partial charge in [0.05, 0.1) is 11.5 Å². The molecule has 1 aliphatic heterocycles. The third-order valence-corrected chi connectivity index (χ3v) is 6.88. The first-order valence-electron chi connectivity index (χ1n) is 10.0. The Hall–Kier alpha value is -0.820. The Labute approximate surface area is 153 Å². The first-order chi connectivity index (χ1) is 12.1.